The average Bonchev–Trinajstić information content (AvgIpc) is 2.72. The van der Waals surface area contributed by atoms with E-state index in [4.69, 9.17) is 14.2 Å². The number of carbonyl (C=O) groups excluding carboxylic acids is 2. The molecule has 0 aliphatic rings. The number of aromatic nitrogens is 1. The highest BCUT2D eigenvalue weighted by Gasteiger charge is 2.17. The molecular weight excluding hydrogens is 370 g/mol. The van der Waals surface area contributed by atoms with Crippen molar-refractivity contribution >= 4 is 11.9 Å². The number of rotatable bonds is 16. The van der Waals surface area contributed by atoms with Crippen LogP contribution in [0.3, 0.4) is 0 Å². The van der Waals surface area contributed by atoms with Gasteiger partial charge in [0.1, 0.15) is 5.75 Å². The number of pyridine rings is 1. The third kappa shape index (κ3) is 10.9. The van der Waals surface area contributed by atoms with E-state index in [0.717, 1.165) is 12.8 Å². The summed E-state index contributed by atoms with van der Waals surface area (Å²) in [6.45, 7) is 6.68. The van der Waals surface area contributed by atoms with Crippen LogP contribution in [0.5, 0.6) is 5.75 Å². The first kappa shape index (κ1) is 24.9. The van der Waals surface area contributed by atoms with Crippen molar-refractivity contribution in [1.29, 1.82) is 0 Å². The lowest BCUT2D eigenvalue weighted by Gasteiger charge is -2.10. The summed E-state index contributed by atoms with van der Waals surface area (Å²) in [4.78, 5) is 28.0. The highest BCUT2D eigenvalue weighted by atomic mass is 16.5. The molecule has 6 heteroatoms. The van der Waals surface area contributed by atoms with Crippen molar-refractivity contribution in [2.75, 3.05) is 19.8 Å². The van der Waals surface area contributed by atoms with Gasteiger partial charge in [-0.3, -0.25) is 0 Å². The van der Waals surface area contributed by atoms with E-state index in [-0.39, 0.29) is 24.6 Å². The van der Waals surface area contributed by atoms with Gasteiger partial charge in [-0.15, -0.1) is 0 Å². The maximum Gasteiger partial charge on any atom is 0.357 e. The molecule has 0 bridgehead atoms. The molecule has 0 aliphatic carbocycles. The van der Waals surface area contributed by atoms with E-state index in [2.05, 4.69) is 11.9 Å². The van der Waals surface area contributed by atoms with Crippen molar-refractivity contribution in [3.8, 4) is 5.75 Å². The lowest BCUT2D eigenvalue weighted by atomic mass is 10.1. The van der Waals surface area contributed by atoms with Gasteiger partial charge in [-0.2, -0.15) is 0 Å². The molecule has 1 aromatic heterocycles. The fraction of sp³-hybridized carbons (Fsp3) is 0.696. The highest BCUT2D eigenvalue weighted by Crippen LogP contribution is 2.17. The van der Waals surface area contributed by atoms with Crippen LogP contribution < -0.4 is 4.74 Å². The van der Waals surface area contributed by atoms with Crippen molar-refractivity contribution in [3.63, 3.8) is 0 Å². The third-order valence-corrected chi connectivity index (χ3v) is 4.53. The Balaban J connectivity index is 2.41. The summed E-state index contributed by atoms with van der Waals surface area (Å²) < 4.78 is 15.7. The summed E-state index contributed by atoms with van der Waals surface area (Å²) in [5.41, 5.74) is 0.103. The van der Waals surface area contributed by atoms with Gasteiger partial charge < -0.3 is 14.2 Å². The van der Waals surface area contributed by atoms with E-state index in [0.29, 0.717) is 12.4 Å². The van der Waals surface area contributed by atoms with Crippen LogP contribution in [-0.4, -0.2) is 36.7 Å². The molecule has 0 aromatic carbocycles. The molecule has 0 spiro atoms. The Labute approximate surface area is 175 Å². The third-order valence-electron chi connectivity index (χ3n) is 4.53. The Morgan fingerprint density at radius 3 is 1.62 bits per heavy atom. The Morgan fingerprint density at radius 1 is 0.724 bits per heavy atom. The number of hydrogen-bond donors (Lipinski definition) is 0. The summed E-state index contributed by atoms with van der Waals surface area (Å²) in [5.74, 6) is -0.730. The molecule has 1 rings (SSSR count). The maximum absolute atomic E-state index is 12.0. The number of carbonyl (C=O) groups is 2. The second-order valence-corrected chi connectivity index (χ2v) is 7.04. The minimum absolute atomic E-state index is 0.0514. The van der Waals surface area contributed by atoms with Gasteiger partial charge in [-0.25, -0.2) is 14.6 Å². The van der Waals surface area contributed by atoms with Gasteiger partial charge in [0.15, 0.2) is 11.4 Å². The number of ether oxygens (including phenoxy) is 3. The van der Waals surface area contributed by atoms with Gasteiger partial charge in [0.25, 0.3) is 0 Å². The molecule has 0 N–H and O–H groups in total. The Morgan fingerprint density at radius 2 is 1.17 bits per heavy atom. The molecule has 164 valence electrons. The molecular formula is C23H37NO5. The van der Waals surface area contributed by atoms with E-state index in [1.807, 2.05) is 0 Å². The molecule has 0 saturated carbocycles. The van der Waals surface area contributed by atoms with Crippen LogP contribution in [-0.2, 0) is 9.47 Å². The molecule has 0 radical (unpaired) electrons. The lowest BCUT2D eigenvalue weighted by Crippen LogP contribution is -2.13. The molecule has 6 nitrogen and oxygen atoms in total. The molecule has 0 saturated heterocycles. The molecule has 0 aliphatic heterocycles. The quantitative estimate of drug-likeness (QED) is 0.257. The molecule has 1 heterocycles. The molecule has 0 fully saturated rings. The Bertz CT molecular complexity index is 567. The minimum atomic E-state index is -0.581. The Kier molecular flexibility index (Phi) is 13.6. The van der Waals surface area contributed by atoms with Crippen molar-refractivity contribution in [2.45, 2.75) is 85.0 Å². The van der Waals surface area contributed by atoms with Gasteiger partial charge in [0.2, 0.25) is 0 Å². The maximum atomic E-state index is 12.0. The average molecular weight is 408 g/mol. The van der Waals surface area contributed by atoms with E-state index < -0.39 is 11.9 Å². The second kappa shape index (κ2) is 15.8. The van der Waals surface area contributed by atoms with Crippen LogP contribution in [0.15, 0.2) is 12.1 Å². The monoisotopic (exact) mass is 407 g/mol. The zero-order valence-corrected chi connectivity index (χ0v) is 18.3. The zero-order valence-electron chi connectivity index (χ0n) is 18.3. The van der Waals surface area contributed by atoms with Crippen LogP contribution in [0.4, 0.5) is 0 Å². The lowest BCUT2D eigenvalue weighted by molar-refractivity contribution is 0.0510. The van der Waals surface area contributed by atoms with Crippen molar-refractivity contribution in [3.05, 3.63) is 23.5 Å². The van der Waals surface area contributed by atoms with Crippen molar-refractivity contribution < 1.29 is 23.8 Å². The molecule has 0 amide bonds. The van der Waals surface area contributed by atoms with Crippen LogP contribution in [0, 0.1) is 0 Å². The first-order valence-electron chi connectivity index (χ1n) is 11.1. The Hall–Kier alpha value is -2.11. The molecule has 0 atom stereocenters. The predicted octanol–water partition coefficient (Wildman–Crippen LogP) is 5.73. The summed E-state index contributed by atoms with van der Waals surface area (Å²) in [6.07, 6.45) is 12.5. The summed E-state index contributed by atoms with van der Waals surface area (Å²) in [6, 6.07) is 3.02. The first-order valence-corrected chi connectivity index (χ1v) is 11.1. The summed E-state index contributed by atoms with van der Waals surface area (Å²) in [5, 5.41) is 0. The van der Waals surface area contributed by atoms with Crippen molar-refractivity contribution in [2.24, 2.45) is 0 Å². The summed E-state index contributed by atoms with van der Waals surface area (Å²) >= 11 is 0. The summed E-state index contributed by atoms with van der Waals surface area (Å²) in [7, 11) is 0. The van der Waals surface area contributed by atoms with Crippen molar-refractivity contribution in [1.82, 2.24) is 4.98 Å². The van der Waals surface area contributed by atoms with E-state index in [9.17, 15) is 9.59 Å². The van der Waals surface area contributed by atoms with Crippen LogP contribution in [0.25, 0.3) is 0 Å². The van der Waals surface area contributed by atoms with Gasteiger partial charge in [-0.1, -0.05) is 64.7 Å². The largest absolute Gasteiger partial charge is 0.493 e. The zero-order chi connectivity index (χ0) is 21.3. The normalized spacial score (nSPS) is 10.6. The van der Waals surface area contributed by atoms with Crippen LogP contribution >= 0.6 is 0 Å². The van der Waals surface area contributed by atoms with Gasteiger partial charge in [-0.05, 0) is 20.3 Å². The molecule has 0 unspecified atom stereocenters. The minimum Gasteiger partial charge on any atom is -0.493 e. The number of nitrogens with zero attached hydrogens (tertiary/aromatic N) is 1. The highest BCUT2D eigenvalue weighted by molar-refractivity contribution is 5.92. The van der Waals surface area contributed by atoms with E-state index >= 15 is 0 Å². The molecule has 1 aromatic rings. The second-order valence-electron chi connectivity index (χ2n) is 7.04. The smallest absolute Gasteiger partial charge is 0.357 e. The first-order chi connectivity index (χ1) is 14.1. The fourth-order valence-electron chi connectivity index (χ4n) is 2.99. The SMILES string of the molecule is CCCCCCCCCCCCOc1cc(C(=O)OCC)nc(C(=O)OCC)c1. The number of hydrogen-bond acceptors (Lipinski definition) is 6. The van der Waals surface area contributed by atoms with Crippen LogP contribution in [0.1, 0.15) is 106 Å². The van der Waals surface area contributed by atoms with E-state index in [1.165, 1.54) is 63.5 Å². The number of unbranched alkanes of at least 4 members (excludes halogenated alkanes) is 9. The van der Waals surface area contributed by atoms with Gasteiger partial charge in [0.05, 0.1) is 19.8 Å². The predicted molar refractivity (Wildman–Crippen MR) is 113 cm³/mol. The van der Waals surface area contributed by atoms with Gasteiger partial charge in [0, 0.05) is 12.1 Å². The fourth-order valence-corrected chi connectivity index (χ4v) is 2.99. The molecule has 29 heavy (non-hydrogen) atoms. The van der Waals surface area contributed by atoms with Crippen LogP contribution in [0.2, 0.25) is 0 Å². The number of esters is 2. The standard InChI is InChI=1S/C23H37NO5/c1-4-7-8-9-10-11-12-13-14-15-16-29-19-17-20(22(25)27-5-2)24-21(18-19)23(26)28-6-3/h17-18H,4-16H2,1-3H3. The topological polar surface area (TPSA) is 74.7 Å². The van der Waals surface area contributed by atoms with E-state index in [1.54, 1.807) is 13.8 Å². The van der Waals surface area contributed by atoms with Gasteiger partial charge >= 0.3 is 11.9 Å².